The molecule has 2 nitrogen and oxygen atoms in total. The normalized spacial score (nSPS) is 39.5. The minimum atomic E-state index is 0.352. The molecule has 0 aromatic rings. The Hall–Kier alpha value is -0.0800. The third-order valence-corrected chi connectivity index (χ3v) is 5.18. The second kappa shape index (κ2) is 4.55. The van der Waals surface area contributed by atoms with Crippen molar-refractivity contribution in [1.29, 1.82) is 0 Å². The molecule has 1 saturated heterocycles. The van der Waals surface area contributed by atoms with Gasteiger partial charge in [-0.15, -0.1) is 0 Å². The van der Waals surface area contributed by atoms with Crippen LogP contribution >= 0.6 is 0 Å². The number of hydrogen-bond donors (Lipinski definition) is 1. The van der Waals surface area contributed by atoms with Crippen LogP contribution in [0, 0.1) is 17.3 Å². The van der Waals surface area contributed by atoms with Crippen LogP contribution in [-0.4, -0.2) is 25.3 Å². The van der Waals surface area contributed by atoms with Crippen LogP contribution in [0.25, 0.3) is 0 Å². The molecule has 1 N–H and O–H groups in total. The van der Waals surface area contributed by atoms with E-state index < -0.39 is 0 Å². The molecule has 0 aromatic carbocycles. The highest BCUT2D eigenvalue weighted by atomic mass is 16.5. The number of hydrogen-bond acceptors (Lipinski definition) is 2. The van der Waals surface area contributed by atoms with E-state index in [1.54, 1.807) is 0 Å². The summed E-state index contributed by atoms with van der Waals surface area (Å²) in [6.07, 6.45) is 8.96. The quantitative estimate of drug-likeness (QED) is 0.742. The first-order valence-corrected chi connectivity index (χ1v) is 7.54. The van der Waals surface area contributed by atoms with Crippen molar-refractivity contribution in [2.24, 2.45) is 17.3 Å². The molecule has 3 unspecified atom stereocenters. The van der Waals surface area contributed by atoms with Gasteiger partial charge in [0, 0.05) is 24.0 Å². The summed E-state index contributed by atoms with van der Waals surface area (Å²) in [5.74, 6) is 1.87. The number of fused-ring (bicyclic) bond motifs is 1. The Morgan fingerprint density at radius 3 is 2.82 bits per heavy atom. The molecule has 3 rings (SSSR count). The van der Waals surface area contributed by atoms with Crippen molar-refractivity contribution in [2.45, 2.75) is 64.5 Å². The van der Waals surface area contributed by atoms with Gasteiger partial charge in [0.15, 0.2) is 0 Å². The van der Waals surface area contributed by atoms with Crippen molar-refractivity contribution >= 4 is 0 Å². The molecule has 1 aliphatic heterocycles. The fourth-order valence-electron chi connectivity index (χ4n) is 3.99. The number of rotatable bonds is 5. The zero-order valence-corrected chi connectivity index (χ0v) is 11.4. The summed E-state index contributed by atoms with van der Waals surface area (Å²) in [6, 6.07) is 0.701. The first kappa shape index (κ1) is 12.0. The van der Waals surface area contributed by atoms with E-state index in [1.807, 2.05) is 0 Å². The molecule has 17 heavy (non-hydrogen) atoms. The maximum Gasteiger partial charge on any atom is 0.0684 e. The standard InChI is InChI=1S/C15H27NO/c1-15(2)13(12-6-4-10-17-14(12)15)16-9-3-5-11-7-8-11/h11-14,16H,3-10H2,1-2H3. The Balaban J connectivity index is 1.44. The lowest BCUT2D eigenvalue weighted by Gasteiger charge is -2.60. The van der Waals surface area contributed by atoms with E-state index in [9.17, 15) is 0 Å². The van der Waals surface area contributed by atoms with Crippen molar-refractivity contribution in [1.82, 2.24) is 5.32 Å². The molecule has 0 amide bonds. The van der Waals surface area contributed by atoms with Crippen LogP contribution < -0.4 is 5.32 Å². The Bertz CT molecular complexity index is 272. The summed E-state index contributed by atoms with van der Waals surface area (Å²) in [7, 11) is 0. The van der Waals surface area contributed by atoms with Gasteiger partial charge in [0.2, 0.25) is 0 Å². The molecule has 2 saturated carbocycles. The topological polar surface area (TPSA) is 21.3 Å². The van der Waals surface area contributed by atoms with Gasteiger partial charge in [0.05, 0.1) is 6.10 Å². The third-order valence-electron chi connectivity index (χ3n) is 5.18. The van der Waals surface area contributed by atoms with Gasteiger partial charge in [-0.2, -0.15) is 0 Å². The van der Waals surface area contributed by atoms with E-state index in [4.69, 9.17) is 4.74 Å². The zero-order chi connectivity index (χ0) is 11.9. The fraction of sp³-hybridized carbons (Fsp3) is 1.00. The summed E-state index contributed by atoms with van der Waals surface area (Å²) >= 11 is 0. The maximum absolute atomic E-state index is 5.94. The van der Waals surface area contributed by atoms with Crippen LogP contribution in [0.3, 0.4) is 0 Å². The van der Waals surface area contributed by atoms with Crippen LogP contribution in [0.2, 0.25) is 0 Å². The maximum atomic E-state index is 5.94. The van der Waals surface area contributed by atoms with E-state index >= 15 is 0 Å². The Morgan fingerprint density at radius 2 is 2.06 bits per heavy atom. The van der Waals surface area contributed by atoms with E-state index in [2.05, 4.69) is 19.2 Å². The number of nitrogens with one attached hydrogen (secondary N) is 1. The van der Waals surface area contributed by atoms with Gasteiger partial charge in [-0.05, 0) is 38.1 Å². The lowest BCUT2D eigenvalue weighted by Crippen LogP contribution is -2.69. The molecule has 2 heteroatoms. The summed E-state index contributed by atoms with van der Waals surface area (Å²) in [4.78, 5) is 0. The average molecular weight is 237 g/mol. The van der Waals surface area contributed by atoms with Crippen molar-refractivity contribution in [2.75, 3.05) is 13.2 Å². The van der Waals surface area contributed by atoms with Crippen molar-refractivity contribution in [3.63, 3.8) is 0 Å². The summed E-state index contributed by atoms with van der Waals surface area (Å²) in [5.41, 5.74) is 0.352. The van der Waals surface area contributed by atoms with E-state index in [1.165, 1.54) is 45.1 Å². The molecular weight excluding hydrogens is 210 g/mol. The second-order valence-electron chi connectivity index (χ2n) is 6.94. The first-order chi connectivity index (χ1) is 8.19. The first-order valence-electron chi connectivity index (χ1n) is 7.54. The van der Waals surface area contributed by atoms with Crippen LogP contribution in [0.1, 0.15) is 52.4 Å². The van der Waals surface area contributed by atoms with Gasteiger partial charge in [0.1, 0.15) is 0 Å². The van der Waals surface area contributed by atoms with Crippen LogP contribution in [0.5, 0.6) is 0 Å². The summed E-state index contributed by atoms with van der Waals surface area (Å²) in [5, 5.41) is 3.81. The molecule has 0 bridgehead atoms. The van der Waals surface area contributed by atoms with Gasteiger partial charge in [0.25, 0.3) is 0 Å². The van der Waals surface area contributed by atoms with Gasteiger partial charge in [-0.1, -0.05) is 26.7 Å². The van der Waals surface area contributed by atoms with E-state index in [0.717, 1.165) is 18.4 Å². The predicted octanol–water partition coefficient (Wildman–Crippen LogP) is 2.97. The molecular formula is C15H27NO. The Labute approximate surface area is 105 Å². The molecule has 98 valence electrons. The van der Waals surface area contributed by atoms with Crippen LogP contribution in [0.15, 0.2) is 0 Å². The third kappa shape index (κ3) is 2.26. The second-order valence-corrected chi connectivity index (χ2v) is 6.94. The average Bonchev–Trinajstić information content (AvgIpc) is 3.12. The van der Waals surface area contributed by atoms with Crippen molar-refractivity contribution < 1.29 is 4.74 Å². The Kier molecular flexibility index (Phi) is 3.20. The van der Waals surface area contributed by atoms with E-state index in [-0.39, 0.29) is 0 Å². The SMILES string of the molecule is CC1(C)C(NCCCC2CC2)C2CCCOC21. The predicted molar refractivity (Wildman–Crippen MR) is 70.0 cm³/mol. The molecule has 3 aliphatic rings. The largest absolute Gasteiger partial charge is 0.377 e. The molecule has 3 fully saturated rings. The summed E-state index contributed by atoms with van der Waals surface area (Å²) in [6.45, 7) is 6.95. The molecule has 1 heterocycles. The molecule has 0 spiro atoms. The highest BCUT2D eigenvalue weighted by Crippen LogP contribution is 2.51. The van der Waals surface area contributed by atoms with Gasteiger partial charge >= 0.3 is 0 Å². The molecule has 3 atom stereocenters. The highest BCUT2D eigenvalue weighted by molar-refractivity contribution is 5.10. The molecule has 2 aliphatic carbocycles. The van der Waals surface area contributed by atoms with Gasteiger partial charge in [-0.25, -0.2) is 0 Å². The molecule has 0 radical (unpaired) electrons. The fourth-order valence-corrected chi connectivity index (χ4v) is 3.99. The highest BCUT2D eigenvalue weighted by Gasteiger charge is 2.57. The zero-order valence-electron chi connectivity index (χ0n) is 11.4. The van der Waals surface area contributed by atoms with Gasteiger partial charge in [-0.3, -0.25) is 0 Å². The summed E-state index contributed by atoms with van der Waals surface area (Å²) < 4.78 is 5.94. The minimum Gasteiger partial charge on any atom is -0.377 e. The number of ether oxygens (including phenoxy) is 1. The van der Waals surface area contributed by atoms with E-state index in [0.29, 0.717) is 17.6 Å². The smallest absolute Gasteiger partial charge is 0.0684 e. The lowest BCUT2D eigenvalue weighted by molar-refractivity contribution is -0.192. The van der Waals surface area contributed by atoms with Crippen LogP contribution in [-0.2, 0) is 4.74 Å². The Morgan fingerprint density at radius 1 is 1.24 bits per heavy atom. The van der Waals surface area contributed by atoms with Crippen molar-refractivity contribution in [3.8, 4) is 0 Å². The lowest BCUT2D eigenvalue weighted by atomic mass is 9.55. The van der Waals surface area contributed by atoms with Crippen molar-refractivity contribution in [3.05, 3.63) is 0 Å². The monoisotopic (exact) mass is 237 g/mol. The van der Waals surface area contributed by atoms with Gasteiger partial charge < -0.3 is 10.1 Å². The minimum absolute atomic E-state index is 0.352. The van der Waals surface area contributed by atoms with Crippen LogP contribution in [0.4, 0.5) is 0 Å². The molecule has 0 aromatic heterocycles.